The Kier molecular flexibility index (Phi) is 4.89. The van der Waals surface area contributed by atoms with Crippen LogP contribution in [-0.2, 0) is 4.79 Å². The quantitative estimate of drug-likeness (QED) is 0.641. The van der Waals surface area contributed by atoms with Crippen molar-refractivity contribution >= 4 is 66.5 Å². The number of benzene rings is 2. The summed E-state index contributed by atoms with van der Waals surface area (Å²) < 4.78 is 1.80. The van der Waals surface area contributed by atoms with Crippen molar-refractivity contribution in [2.75, 3.05) is 0 Å². The van der Waals surface area contributed by atoms with Gasteiger partial charge in [-0.25, -0.2) is 4.99 Å². The number of rotatable bonds is 2. The summed E-state index contributed by atoms with van der Waals surface area (Å²) in [4.78, 5) is 16.9. The van der Waals surface area contributed by atoms with Gasteiger partial charge < -0.3 is 10.4 Å². The maximum atomic E-state index is 12.0. The maximum Gasteiger partial charge on any atom is 0.264 e. The summed E-state index contributed by atoms with van der Waals surface area (Å²) in [7, 11) is 0. The molecule has 7 heteroatoms. The summed E-state index contributed by atoms with van der Waals surface area (Å²) in [5.41, 5.74) is 1.32. The van der Waals surface area contributed by atoms with Crippen molar-refractivity contribution in [2.24, 2.45) is 4.99 Å². The second-order valence-corrected chi connectivity index (χ2v) is 7.52. The fourth-order valence-corrected chi connectivity index (χ4v) is 3.37. The number of hydrogen-bond acceptors (Lipinski definition) is 4. The minimum absolute atomic E-state index is 0.118. The maximum absolute atomic E-state index is 12.0. The predicted octanol–water partition coefficient (Wildman–Crippen LogP) is 4.81. The van der Waals surface area contributed by atoms with Crippen LogP contribution in [0.3, 0.4) is 0 Å². The van der Waals surface area contributed by atoms with E-state index >= 15 is 0 Å². The summed E-state index contributed by atoms with van der Waals surface area (Å²) in [6.07, 6.45) is 1.64. The van der Waals surface area contributed by atoms with Crippen molar-refractivity contribution in [1.29, 1.82) is 0 Å². The Hall–Kier alpha value is -1.57. The summed E-state index contributed by atoms with van der Waals surface area (Å²) in [6, 6.07) is 12.5. The van der Waals surface area contributed by atoms with Gasteiger partial charge in [0.25, 0.3) is 5.91 Å². The number of thioether (sulfide) groups is 1. The molecule has 116 valence electrons. The number of carbonyl (C=O) groups is 1. The van der Waals surface area contributed by atoms with Crippen molar-refractivity contribution in [3.05, 3.63) is 61.9 Å². The van der Waals surface area contributed by atoms with E-state index in [9.17, 15) is 9.90 Å². The number of aromatic hydroxyl groups is 1. The molecule has 1 amide bonds. The van der Waals surface area contributed by atoms with Gasteiger partial charge >= 0.3 is 0 Å². The van der Waals surface area contributed by atoms with E-state index in [1.54, 1.807) is 24.3 Å². The number of amidine groups is 1. The Bertz CT molecular complexity index is 832. The molecule has 0 atom stereocenters. The molecule has 23 heavy (non-hydrogen) atoms. The Morgan fingerprint density at radius 2 is 1.78 bits per heavy atom. The Morgan fingerprint density at radius 3 is 2.52 bits per heavy atom. The van der Waals surface area contributed by atoms with E-state index in [-0.39, 0.29) is 11.7 Å². The first kappa shape index (κ1) is 16.3. The van der Waals surface area contributed by atoms with Gasteiger partial charge in [-0.15, -0.1) is 0 Å². The molecule has 3 rings (SSSR count). The molecular weight excluding hydrogens is 444 g/mol. The van der Waals surface area contributed by atoms with Gasteiger partial charge in [0.1, 0.15) is 5.75 Å². The van der Waals surface area contributed by atoms with E-state index in [0.717, 1.165) is 14.6 Å². The molecule has 0 radical (unpaired) electrons. The van der Waals surface area contributed by atoms with Crippen LogP contribution in [-0.4, -0.2) is 16.2 Å². The number of phenolic OH excluding ortho intramolecular Hbond substituents is 1. The number of nitrogens with one attached hydrogen (secondary N) is 1. The van der Waals surface area contributed by atoms with Gasteiger partial charge in [0.15, 0.2) is 5.17 Å². The standard InChI is InChI=1S/C16H10Br2N2O2S/c17-10-1-4-12(5-2-10)19-16-20-15(22)14(23-16)8-9-7-11(18)3-6-13(9)21/h1-8,21H,(H,19,20,22)/b14-8-. The number of hydrogen-bond donors (Lipinski definition) is 2. The van der Waals surface area contributed by atoms with E-state index < -0.39 is 0 Å². The van der Waals surface area contributed by atoms with Crippen molar-refractivity contribution < 1.29 is 9.90 Å². The van der Waals surface area contributed by atoms with Crippen LogP contribution in [0.15, 0.2) is 61.3 Å². The Balaban J connectivity index is 1.86. The summed E-state index contributed by atoms with van der Waals surface area (Å²) in [5, 5.41) is 13.1. The first-order valence-electron chi connectivity index (χ1n) is 6.55. The highest BCUT2D eigenvalue weighted by Gasteiger charge is 2.24. The van der Waals surface area contributed by atoms with E-state index in [0.29, 0.717) is 15.6 Å². The third kappa shape index (κ3) is 4.04. The number of carbonyl (C=O) groups excluding carboxylic acids is 1. The molecule has 0 spiro atoms. The lowest BCUT2D eigenvalue weighted by atomic mass is 10.2. The van der Waals surface area contributed by atoms with Gasteiger partial charge in [-0.3, -0.25) is 4.79 Å². The molecule has 2 aromatic carbocycles. The lowest BCUT2D eigenvalue weighted by Gasteiger charge is -2.00. The first-order valence-corrected chi connectivity index (χ1v) is 8.95. The number of halogens is 2. The molecule has 0 aromatic heterocycles. The van der Waals surface area contributed by atoms with Gasteiger partial charge in [0.05, 0.1) is 10.6 Å². The van der Waals surface area contributed by atoms with E-state index in [4.69, 9.17) is 0 Å². The number of aliphatic imine (C=N–C) groups is 1. The lowest BCUT2D eigenvalue weighted by Crippen LogP contribution is -2.19. The average Bonchev–Trinajstić information content (AvgIpc) is 2.85. The minimum Gasteiger partial charge on any atom is -0.507 e. The Morgan fingerprint density at radius 1 is 1.09 bits per heavy atom. The van der Waals surface area contributed by atoms with Crippen LogP contribution >= 0.6 is 43.6 Å². The monoisotopic (exact) mass is 452 g/mol. The second kappa shape index (κ2) is 6.90. The zero-order chi connectivity index (χ0) is 16.4. The van der Waals surface area contributed by atoms with Gasteiger partial charge in [0.2, 0.25) is 0 Å². The predicted molar refractivity (Wildman–Crippen MR) is 101 cm³/mol. The van der Waals surface area contributed by atoms with E-state index in [1.165, 1.54) is 11.8 Å². The fraction of sp³-hybridized carbons (Fsp3) is 0. The molecule has 2 aromatic rings. The van der Waals surface area contributed by atoms with Crippen LogP contribution in [0.4, 0.5) is 5.69 Å². The Labute approximate surface area is 154 Å². The molecule has 0 bridgehead atoms. The van der Waals surface area contributed by atoms with E-state index in [2.05, 4.69) is 42.2 Å². The highest BCUT2D eigenvalue weighted by molar-refractivity contribution is 9.10. The first-order chi connectivity index (χ1) is 11.0. The lowest BCUT2D eigenvalue weighted by molar-refractivity contribution is -0.115. The number of amides is 1. The molecular formula is C16H10Br2N2O2S. The topological polar surface area (TPSA) is 61.7 Å². The van der Waals surface area contributed by atoms with Crippen LogP contribution in [0, 0.1) is 0 Å². The second-order valence-electron chi connectivity index (χ2n) is 4.66. The third-order valence-corrected chi connectivity index (χ3v) is 4.92. The summed E-state index contributed by atoms with van der Waals surface area (Å²) in [6.45, 7) is 0. The van der Waals surface area contributed by atoms with Crippen LogP contribution in [0.25, 0.3) is 6.08 Å². The van der Waals surface area contributed by atoms with Crippen LogP contribution in [0.5, 0.6) is 5.75 Å². The normalized spacial score (nSPS) is 17.7. The SMILES string of the molecule is O=C1NC(=Nc2ccc(Br)cc2)S/C1=C\c1cc(Br)ccc1O. The van der Waals surface area contributed by atoms with Crippen molar-refractivity contribution in [3.8, 4) is 5.75 Å². The third-order valence-electron chi connectivity index (χ3n) is 2.98. The van der Waals surface area contributed by atoms with Crippen molar-refractivity contribution in [3.63, 3.8) is 0 Å². The molecule has 1 fully saturated rings. The average molecular weight is 454 g/mol. The summed E-state index contributed by atoms with van der Waals surface area (Å²) in [5.74, 6) is -0.113. The molecule has 2 N–H and O–H groups in total. The molecule has 0 saturated carbocycles. The fourth-order valence-electron chi connectivity index (χ4n) is 1.90. The van der Waals surface area contributed by atoms with Gasteiger partial charge in [-0.05, 0) is 60.3 Å². The zero-order valence-corrected chi connectivity index (χ0v) is 15.6. The smallest absolute Gasteiger partial charge is 0.264 e. The van der Waals surface area contributed by atoms with Gasteiger partial charge in [0, 0.05) is 14.5 Å². The van der Waals surface area contributed by atoms with Gasteiger partial charge in [-0.2, -0.15) is 0 Å². The van der Waals surface area contributed by atoms with Crippen LogP contribution in [0.2, 0.25) is 0 Å². The molecule has 4 nitrogen and oxygen atoms in total. The molecule has 1 aliphatic rings. The minimum atomic E-state index is -0.231. The molecule has 1 saturated heterocycles. The highest BCUT2D eigenvalue weighted by Crippen LogP contribution is 2.31. The molecule has 0 unspecified atom stereocenters. The van der Waals surface area contributed by atoms with Gasteiger partial charge in [-0.1, -0.05) is 31.9 Å². The molecule has 1 aliphatic heterocycles. The number of phenols is 1. The molecule has 1 heterocycles. The van der Waals surface area contributed by atoms with Crippen LogP contribution < -0.4 is 5.32 Å². The van der Waals surface area contributed by atoms with Crippen molar-refractivity contribution in [1.82, 2.24) is 5.32 Å². The summed E-state index contributed by atoms with van der Waals surface area (Å²) >= 11 is 7.95. The van der Waals surface area contributed by atoms with E-state index in [1.807, 2.05) is 24.3 Å². The number of nitrogens with zero attached hydrogens (tertiary/aromatic N) is 1. The zero-order valence-electron chi connectivity index (χ0n) is 11.6. The van der Waals surface area contributed by atoms with Crippen molar-refractivity contribution in [2.45, 2.75) is 0 Å². The highest BCUT2D eigenvalue weighted by atomic mass is 79.9. The largest absolute Gasteiger partial charge is 0.507 e. The van der Waals surface area contributed by atoms with Crippen LogP contribution in [0.1, 0.15) is 5.56 Å². The molecule has 0 aliphatic carbocycles.